The Morgan fingerprint density at radius 1 is 1.19 bits per heavy atom. The number of hydrogen-bond donors (Lipinski definition) is 2. The molecule has 2 aromatic carbocycles. The van der Waals surface area contributed by atoms with E-state index in [2.05, 4.69) is 17.6 Å². The Morgan fingerprint density at radius 3 is 2.71 bits per heavy atom. The molecule has 2 rings (SSSR count). The minimum atomic E-state index is -0.279. The van der Waals surface area contributed by atoms with Crippen LogP contribution in [-0.2, 0) is 11.2 Å². The fourth-order valence-corrected chi connectivity index (χ4v) is 2.08. The van der Waals surface area contributed by atoms with Gasteiger partial charge in [0.15, 0.2) is 0 Å². The van der Waals surface area contributed by atoms with Crippen LogP contribution in [0.2, 0.25) is 0 Å². The maximum absolute atomic E-state index is 13.0. The summed E-state index contributed by atoms with van der Waals surface area (Å²) in [5.74, 6) is -0.411. The van der Waals surface area contributed by atoms with Crippen molar-refractivity contribution in [1.82, 2.24) is 0 Å². The lowest BCUT2D eigenvalue weighted by Crippen LogP contribution is -2.22. The van der Waals surface area contributed by atoms with Crippen LogP contribution in [0.1, 0.15) is 18.1 Å². The topological polar surface area (TPSA) is 41.1 Å². The van der Waals surface area contributed by atoms with Gasteiger partial charge in [0, 0.05) is 11.4 Å². The minimum absolute atomic E-state index is 0.132. The fourth-order valence-electron chi connectivity index (χ4n) is 2.08. The summed E-state index contributed by atoms with van der Waals surface area (Å²) in [7, 11) is 0. The largest absolute Gasteiger partial charge is 0.376 e. The van der Waals surface area contributed by atoms with Gasteiger partial charge < -0.3 is 10.6 Å². The van der Waals surface area contributed by atoms with Crippen molar-refractivity contribution in [3.05, 3.63) is 59.4 Å². The van der Waals surface area contributed by atoms with Gasteiger partial charge in [-0.2, -0.15) is 0 Å². The molecule has 110 valence electrons. The van der Waals surface area contributed by atoms with Gasteiger partial charge in [0.1, 0.15) is 5.82 Å². The van der Waals surface area contributed by atoms with E-state index in [0.29, 0.717) is 0 Å². The number of nitrogens with one attached hydrogen (secondary N) is 2. The van der Waals surface area contributed by atoms with Gasteiger partial charge in [0.25, 0.3) is 0 Å². The molecule has 0 aliphatic heterocycles. The van der Waals surface area contributed by atoms with Crippen LogP contribution in [0, 0.1) is 12.7 Å². The van der Waals surface area contributed by atoms with Crippen LogP contribution < -0.4 is 10.6 Å². The summed E-state index contributed by atoms with van der Waals surface area (Å²) in [4.78, 5) is 11.9. The zero-order chi connectivity index (χ0) is 15.2. The quantitative estimate of drug-likeness (QED) is 0.879. The Balaban J connectivity index is 1.92. The molecule has 0 atom stereocenters. The lowest BCUT2D eigenvalue weighted by atomic mass is 10.1. The second-order valence-corrected chi connectivity index (χ2v) is 4.91. The van der Waals surface area contributed by atoms with Crippen LogP contribution in [0.4, 0.5) is 15.8 Å². The molecule has 0 bridgehead atoms. The molecule has 2 aromatic rings. The smallest absolute Gasteiger partial charge is 0.243 e. The number of benzene rings is 2. The van der Waals surface area contributed by atoms with Crippen molar-refractivity contribution in [2.24, 2.45) is 0 Å². The van der Waals surface area contributed by atoms with Crippen molar-refractivity contribution >= 4 is 17.3 Å². The van der Waals surface area contributed by atoms with Gasteiger partial charge in [-0.1, -0.05) is 19.1 Å². The molecule has 3 nitrogen and oxygen atoms in total. The van der Waals surface area contributed by atoms with Crippen LogP contribution in [0.25, 0.3) is 0 Å². The lowest BCUT2D eigenvalue weighted by Gasteiger charge is -2.10. The summed E-state index contributed by atoms with van der Waals surface area (Å²) >= 11 is 0. The summed E-state index contributed by atoms with van der Waals surface area (Å²) < 4.78 is 13.0. The predicted molar refractivity (Wildman–Crippen MR) is 84.1 cm³/mol. The SMILES string of the molecule is CCc1cccc(NC(=O)CNc2ccc(F)cc2C)c1. The van der Waals surface area contributed by atoms with Crippen LogP contribution >= 0.6 is 0 Å². The molecule has 0 saturated carbocycles. The van der Waals surface area contributed by atoms with E-state index in [1.165, 1.54) is 17.7 Å². The van der Waals surface area contributed by atoms with E-state index in [-0.39, 0.29) is 18.3 Å². The normalized spacial score (nSPS) is 10.2. The van der Waals surface area contributed by atoms with Gasteiger partial charge in [-0.3, -0.25) is 4.79 Å². The average Bonchev–Trinajstić information content (AvgIpc) is 2.46. The Kier molecular flexibility index (Phi) is 4.93. The number of carbonyl (C=O) groups excluding carboxylic acids is 1. The van der Waals surface area contributed by atoms with Gasteiger partial charge in [0.05, 0.1) is 6.54 Å². The molecule has 0 radical (unpaired) electrons. The van der Waals surface area contributed by atoms with Crippen LogP contribution in [-0.4, -0.2) is 12.5 Å². The Morgan fingerprint density at radius 2 is 2.00 bits per heavy atom. The molecule has 0 aliphatic carbocycles. The number of halogens is 1. The lowest BCUT2D eigenvalue weighted by molar-refractivity contribution is -0.114. The number of hydrogen-bond acceptors (Lipinski definition) is 2. The Labute approximate surface area is 124 Å². The van der Waals surface area contributed by atoms with Gasteiger partial charge in [-0.05, 0) is 54.8 Å². The van der Waals surface area contributed by atoms with Crippen LogP contribution in [0.3, 0.4) is 0 Å². The second-order valence-electron chi connectivity index (χ2n) is 4.91. The molecule has 0 unspecified atom stereocenters. The van der Waals surface area contributed by atoms with Crippen molar-refractivity contribution in [3.63, 3.8) is 0 Å². The monoisotopic (exact) mass is 286 g/mol. The molecule has 0 fully saturated rings. The van der Waals surface area contributed by atoms with Crippen molar-refractivity contribution < 1.29 is 9.18 Å². The zero-order valence-corrected chi connectivity index (χ0v) is 12.2. The molecule has 0 heterocycles. The summed E-state index contributed by atoms with van der Waals surface area (Å²) in [5, 5.41) is 5.85. The molecule has 0 aromatic heterocycles. The minimum Gasteiger partial charge on any atom is -0.376 e. The molecule has 0 spiro atoms. The first-order valence-corrected chi connectivity index (χ1v) is 6.97. The molecule has 4 heteroatoms. The molecular weight excluding hydrogens is 267 g/mol. The third-order valence-electron chi connectivity index (χ3n) is 3.25. The second kappa shape index (κ2) is 6.88. The highest BCUT2D eigenvalue weighted by Gasteiger charge is 2.05. The van der Waals surface area contributed by atoms with Crippen LogP contribution in [0.5, 0.6) is 0 Å². The maximum atomic E-state index is 13.0. The van der Waals surface area contributed by atoms with E-state index in [1.807, 2.05) is 24.3 Å². The van der Waals surface area contributed by atoms with E-state index in [0.717, 1.165) is 23.4 Å². The van der Waals surface area contributed by atoms with Gasteiger partial charge in [-0.15, -0.1) is 0 Å². The first-order valence-electron chi connectivity index (χ1n) is 6.97. The third-order valence-corrected chi connectivity index (χ3v) is 3.25. The van der Waals surface area contributed by atoms with Crippen molar-refractivity contribution in [3.8, 4) is 0 Å². The summed E-state index contributed by atoms with van der Waals surface area (Å²) in [6, 6.07) is 12.2. The van der Waals surface area contributed by atoms with Crippen molar-refractivity contribution in [2.45, 2.75) is 20.3 Å². The number of anilines is 2. The molecule has 2 N–H and O–H groups in total. The predicted octanol–water partition coefficient (Wildman–Crippen LogP) is 3.75. The third kappa shape index (κ3) is 4.31. The maximum Gasteiger partial charge on any atom is 0.243 e. The first-order chi connectivity index (χ1) is 10.1. The van der Waals surface area contributed by atoms with E-state index in [1.54, 1.807) is 13.0 Å². The Bertz CT molecular complexity index is 640. The standard InChI is InChI=1S/C17H19FN2O/c1-3-13-5-4-6-15(10-13)20-17(21)11-19-16-8-7-14(18)9-12(16)2/h4-10,19H,3,11H2,1-2H3,(H,20,21). The van der Waals surface area contributed by atoms with Crippen LogP contribution in [0.15, 0.2) is 42.5 Å². The van der Waals surface area contributed by atoms with Gasteiger partial charge >= 0.3 is 0 Å². The fraction of sp³-hybridized carbons (Fsp3) is 0.235. The molecule has 1 amide bonds. The zero-order valence-electron chi connectivity index (χ0n) is 12.2. The first kappa shape index (κ1) is 15.0. The highest BCUT2D eigenvalue weighted by molar-refractivity contribution is 5.93. The molecular formula is C17H19FN2O. The summed E-state index contributed by atoms with van der Waals surface area (Å²) in [6.45, 7) is 4.01. The number of amides is 1. The number of carbonyl (C=O) groups is 1. The average molecular weight is 286 g/mol. The van der Waals surface area contributed by atoms with E-state index in [9.17, 15) is 9.18 Å². The Hall–Kier alpha value is -2.36. The molecule has 21 heavy (non-hydrogen) atoms. The molecule has 0 aliphatic rings. The van der Waals surface area contributed by atoms with E-state index < -0.39 is 0 Å². The summed E-state index contributed by atoms with van der Waals surface area (Å²) in [6.07, 6.45) is 0.927. The number of rotatable bonds is 5. The number of aryl methyl sites for hydroxylation is 2. The summed E-state index contributed by atoms with van der Waals surface area (Å²) in [5.41, 5.74) is 3.50. The van der Waals surface area contributed by atoms with Crippen molar-refractivity contribution in [1.29, 1.82) is 0 Å². The highest BCUT2D eigenvalue weighted by Crippen LogP contribution is 2.15. The van der Waals surface area contributed by atoms with E-state index >= 15 is 0 Å². The molecule has 0 saturated heterocycles. The van der Waals surface area contributed by atoms with Gasteiger partial charge in [-0.25, -0.2) is 4.39 Å². The van der Waals surface area contributed by atoms with E-state index in [4.69, 9.17) is 0 Å². The van der Waals surface area contributed by atoms with Gasteiger partial charge in [0.2, 0.25) is 5.91 Å². The highest BCUT2D eigenvalue weighted by atomic mass is 19.1. The van der Waals surface area contributed by atoms with Crippen molar-refractivity contribution in [2.75, 3.05) is 17.2 Å².